The van der Waals surface area contributed by atoms with Crippen LogP contribution in [0, 0.1) is 60.0 Å². The summed E-state index contributed by atoms with van der Waals surface area (Å²) in [6.07, 6.45) is 7.28. The van der Waals surface area contributed by atoms with Crippen LogP contribution in [0.25, 0.3) is 0 Å². The molecule has 97 heavy (non-hydrogen) atoms. The van der Waals surface area contributed by atoms with Crippen molar-refractivity contribution in [2.75, 3.05) is 43.5 Å². The molecule has 0 radical (unpaired) electrons. The summed E-state index contributed by atoms with van der Waals surface area (Å²) in [7, 11) is -18.3. The van der Waals surface area contributed by atoms with E-state index >= 15 is 10.4 Å². The van der Waals surface area contributed by atoms with Crippen molar-refractivity contribution in [1.29, 1.82) is 0 Å². The summed E-state index contributed by atoms with van der Waals surface area (Å²) >= 11 is 0. The van der Waals surface area contributed by atoms with Crippen molar-refractivity contribution in [3.8, 4) is 0 Å². The minimum atomic E-state index is -6.09. The van der Waals surface area contributed by atoms with Crippen molar-refractivity contribution in [2.24, 2.45) is 11.8 Å². The van der Waals surface area contributed by atoms with E-state index in [1.54, 1.807) is 20.8 Å². The topological polar surface area (TPSA) is 454 Å². The number of para-hydroxylation sites is 2. The number of halogens is 9. The largest absolute Gasteiger partial charge is 3.00 e. The van der Waals surface area contributed by atoms with Gasteiger partial charge in [-0.3, -0.25) is 24.0 Å². The van der Waals surface area contributed by atoms with Gasteiger partial charge in [0.15, 0.2) is 42.4 Å². The van der Waals surface area contributed by atoms with E-state index in [1.807, 2.05) is 0 Å². The number of hydroxylamine groups is 6. The van der Waals surface area contributed by atoms with Crippen molar-refractivity contribution in [2.45, 2.75) is 219 Å². The fraction of sp³-hybridized carbons (Fsp3) is 0.707. The Kier molecular flexibility index (Phi) is 45.7. The maximum absolute atomic E-state index is 15.2. The number of ether oxygens (including phenoxy) is 3. The van der Waals surface area contributed by atoms with Gasteiger partial charge >= 0.3 is 72.2 Å². The van der Waals surface area contributed by atoms with Crippen LogP contribution in [0.5, 0.6) is 0 Å². The molecule has 570 valence electrons. The van der Waals surface area contributed by atoms with Crippen molar-refractivity contribution in [1.82, 2.24) is 0 Å². The van der Waals surface area contributed by atoms with Crippen LogP contribution >= 0.6 is 0 Å². The number of nitrogens with one attached hydrogen (secondary N) is 2. The second-order valence-electron chi connectivity index (χ2n) is 23.2. The number of carbonyl (C=O) groups is 5. The molecule has 2 aliphatic heterocycles. The number of quaternary nitrogens is 2. The number of nitrogens with zero attached hydrogens (tertiary/aromatic N) is 2. The van der Waals surface area contributed by atoms with Gasteiger partial charge in [-0.05, 0) is 92.4 Å². The Morgan fingerprint density at radius 1 is 0.485 bits per heavy atom. The van der Waals surface area contributed by atoms with Gasteiger partial charge in [-0.25, -0.2) is 25.3 Å². The molecule has 2 heterocycles. The maximum atomic E-state index is 15.2. The van der Waals surface area contributed by atoms with Gasteiger partial charge in [-0.15, -0.1) is 0 Å². The van der Waals surface area contributed by atoms with Gasteiger partial charge in [0.1, 0.15) is 0 Å². The number of rotatable bonds is 15. The molecule has 26 nitrogen and oxygen atoms in total. The van der Waals surface area contributed by atoms with Crippen molar-refractivity contribution < 1.29 is 180 Å². The Balaban J connectivity index is -0.000000496. The summed E-state index contributed by atoms with van der Waals surface area (Å²) in [5, 5.41) is 36.9. The minimum absolute atomic E-state index is 0. The first-order chi connectivity index (χ1) is 42.2. The molecule has 4 aliphatic rings. The van der Waals surface area contributed by atoms with Crippen LogP contribution in [0.2, 0.25) is 0 Å². The first-order valence-electron chi connectivity index (χ1n) is 29.7. The average Bonchev–Trinajstić information content (AvgIpc) is 1.61. The van der Waals surface area contributed by atoms with E-state index in [0.717, 1.165) is 72.2 Å². The Morgan fingerprint density at radius 2 is 0.701 bits per heavy atom. The molecule has 0 bridgehead atoms. The van der Waals surface area contributed by atoms with Crippen LogP contribution < -0.4 is 10.6 Å². The summed E-state index contributed by atoms with van der Waals surface area (Å²) < 4.78 is 189. The van der Waals surface area contributed by atoms with Gasteiger partial charge in [0.05, 0.1) is 45.0 Å². The smallest absolute Gasteiger partial charge is 0.741 e. The van der Waals surface area contributed by atoms with E-state index in [1.165, 1.54) is 20.8 Å². The zero-order chi connectivity index (χ0) is 72.8. The fourth-order valence-corrected chi connectivity index (χ4v) is 11.4. The first kappa shape index (κ1) is 102. The van der Waals surface area contributed by atoms with Crippen LogP contribution in [0.1, 0.15) is 201 Å². The third-order valence-corrected chi connectivity index (χ3v) is 16.9. The number of benzene rings is 2. The second-order valence-corrected chi connectivity index (χ2v) is 27.3. The minimum Gasteiger partial charge on any atom is -0.741 e. The number of amides is 2. The molecule has 2 amide bonds. The zero-order valence-corrected chi connectivity index (χ0v) is 60.8. The van der Waals surface area contributed by atoms with Gasteiger partial charge in [0.25, 0.3) is 11.8 Å². The van der Waals surface area contributed by atoms with Crippen LogP contribution in [0.15, 0.2) is 36.4 Å². The zero-order valence-electron chi connectivity index (χ0n) is 56.4. The first-order valence-corrected chi connectivity index (χ1v) is 34.0. The number of alkyl halides is 9. The molecule has 8 atom stereocenters. The van der Waals surface area contributed by atoms with E-state index in [4.69, 9.17) is 38.9 Å². The standard InChI is InChI=1S/C43H64N4O4.3C4H8O2.3CHF3O3S.Ho.3H2O/c1-26(2)32-16-11-17-33(27(3)4)40(32)44-42(48)38-24-30-14-9-20-36(30)46(38,50)22-13-23-47(51)37-21-10-15-31(37)25-39(47)43(49)45-41-34(28(5)6)18-12-19-35(41)29(7)8;3*1-3-6-4(2)5;3*2-1(3,4)8(5,6)7;;;;/h11-12,16-19,26-31,36-39H,9-10,13-15,20-25H2,1-8H3,(H,44,48)(H,45,49);3*3H2,1-2H3;3*(H,5,6,7);;3*1H2/q;;;;;;;+3;;;/t30-,31-,36-,37-,38-,39-,46-,47-;;;;;;;;;;/m0........../s1. The van der Waals surface area contributed by atoms with Gasteiger partial charge in [0, 0.05) is 76.1 Å². The number of hydrogen-bond acceptors (Lipinski definition) is 19. The number of anilines is 2. The molecule has 0 spiro atoms. The molecule has 11 N–H and O–H groups in total. The van der Waals surface area contributed by atoms with E-state index in [9.17, 15) is 63.5 Å². The van der Waals surface area contributed by atoms with Crippen molar-refractivity contribution in [3.05, 3.63) is 69.1 Å². The molecule has 0 unspecified atom stereocenters. The summed E-state index contributed by atoms with van der Waals surface area (Å²) in [5.74, 6) is 0.389. The third kappa shape index (κ3) is 32.2. The molecule has 2 aliphatic carbocycles. The molecule has 6 rings (SSSR count). The molecule has 39 heteroatoms. The summed E-state index contributed by atoms with van der Waals surface area (Å²) in [5.41, 5.74) is -10.8. The summed E-state index contributed by atoms with van der Waals surface area (Å²) in [6.45, 7) is 28.5. The quantitative estimate of drug-likeness (QED) is 0.0193. The molecule has 2 aromatic carbocycles. The summed E-state index contributed by atoms with van der Waals surface area (Å²) in [6, 6.07) is 10.8. The second kappa shape index (κ2) is 43.6. The maximum Gasteiger partial charge on any atom is 3.00 e. The average molecular weight is 1630 g/mol. The molecule has 2 saturated carbocycles. The van der Waals surface area contributed by atoms with Crippen molar-refractivity contribution >= 4 is 71.5 Å². The number of fused-ring (bicyclic) bond motifs is 2. The number of esters is 3. The SMILES string of the molecule is CC(C)c1cccc(C(C)C)c1NC(=O)[C@@H]1C[C@@H]2CCC[C@@H]2[N@@+]1([O-])CCC[N@@+]1([O-])[C@H](C(=O)Nc2c(C(C)C)cccc2C(C)C)C[C@@H]2CCC[C@@H]21.CCOC(C)=O.CCOC(C)=O.CCOC(C)=O.O=S(=O)([O-])C(F)(F)F.O=S(=O)([O-])C(F)(F)F.O=S(=O)([O-])C(F)(F)F.[Ho+3].[OH3+].[OH3+].[OH3+]. The Hall–Kier alpha value is -4.13. The predicted molar refractivity (Wildman–Crippen MR) is 336 cm³/mol. The van der Waals surface area contributed by atoms with Gasteiger partial charge < -0.3 is 74.6 Å². The number of hydrogen-bond donors (Lipinski definition) is 2. The number of likely N-dealkylation sites (tertiary alicyclic amines) is 2. The van der Waals surface area contributed by atoms with Gasteiger partial charge in [0.2, 0.25) is 0 Å². The number of carbonyl (C=O) groups excluding carboxylic acids is 5. The molecule has 2 saturated heterocycles. The van der Waals surface area contributed by atoms with Crippen molar-refractivity contribution in [3.63, 3.8) is 0 Å². The molecule has 2 aromatic rings. The van der Waals surface area contributed by atoms with Crippen LogP contribution in [0.3, 0.4) is 0 Å². The Bertz CT molecular complexity index is 2810. The van der Waals surface area contributed by atoms with Crippen LogP contribution in [0.4, 0.5) is 50.9 Å². The normalized spacial score (nSPS) is 21.5. The fourth-order valence-electron chi connectivity index (χ4n) is 11.4. The Morgan fingerprint density at radius 3 is 0.866 bits per heavy atom. The van der Waals surface area contributed by atoms with Crippen LogP contribution in [-0.2, 0) is 85.0 Å². The Labute approximate surface area is 591 Å². The third-order valence-electron chi connectivity index (χ3n) is 15.2. The van der Waals surface area contributed by atoms with Crippen LogP contribution in [-0.4, -0.2) is 152 Å². The van der Waals surface area contributed by atoms with Gasteiger partial charge in [-0.1, -0.05) is 91.8 Å². The van der Waals surface area contributed by atoms with Gasteiger partial charge in [-0.2, -0.15) is 39.5 Å². The molecule has 4 fully saturated rings. The monoisotopic (exact) mass is 1630 g/mol. The van der Waals surface area contributed by atoms with E-state index in [0.29, 0.717) is 39.1 Å². The molecule has 0 aromatic heterocycles. The predicted octanol–water partition coefficient (Wildman–Crippen LogP) is 8.76. The molecular formula is C58H97F9HoN4O22S3+3. The molecular weight excluding hydrogens is 1540 g/mol. The summed E-state index contributed by atoms with van der Waals surface area (Å²) in [4.78, 5) is 58.0. The van der Waals surface area contributed by atoms with E-state index in [-0.39, 0.29) is 145 Å². The van der Waals surface area contributed by atoms with E-state index < -0.39 is 68.3 Å². The van der Waals surface area contributed by atoms with E-state index in [2.05, 4.69) is 117 Å².